The van der Waals surface area contributed by atoms with E-state index in [2.05, 4.69) is 31.9 Å². The number of ether oxygens (including phenoxy) is 1. The Kier molecular flexibility index (Phi) is 5.52. The van der Waals surface area contributed by atoms with E-state index in [0.29, 0.717) is 24.5 Å². The summed E-state index contributed by atoms with van der Waals surface area (Å²) < 4.78 is 32.9. The first kappa shape index (κ1) is 17.4. The number of sulfonamides is 1. The third-order valence-corrected chi connectivity index (χ3v) is 7.03. The van der Waals surface area contributed by atoms with Crippen molar-refractivity contribution in [3.63, 3.8) is 0 Å². The molecule has 0 amide bonds. The molecule has 118 valence electrons. The molecule has 1 heterocycles. The second-order valence-corrected chi connectivity index (χ2v) is 9.99. The Labute approximate surface area is 143 Å². The summed E-state index contributed by atoms with van der Waals surface area (Å²) in [6.45, 7) is 4.72. The van der Waals surface area contributed by atoms with Crippen LogP contribution in [0.1, 0.15) is 25.3 Å². The van der Waals surface area contributed by atoms with Gasteiger partial charge in [-0.25, -0.2) is 8.42 Å². The first-order valence-electron chi connectivity index (χ1n) is 6.86. The average Bonchev–Trinajstić information content (AvgIpc) is 2.85. The van der Waals surface area contributed by atoms with Crippen molar-refractivity contribution in [3.8, 4) is 0 Å². The van der Waals surface area contributed by atoms with Gasteiger partial charge < -0.3 is 4.74 Å². The monoisotopic (exact) mass is 439 g/mol. The molecule has 0 aromatic heterocycles. The lowest BCUT2D eigenvalue weighted by molar-refractivity contribution is -0.0816. The summed E-state index contributed by atoms with van der Waals surface area (Å²) in [6, 6.07) is 6.92. The van der Waals surface area contributed by atoms with E-state index in [0.717, 1.165) is 12.0 Å². The minimum absolute atomic E-state index is 0.264. The number of alkyl halides is 2. The second kappa shape index (κ2) is 6.66. The second-order valence-electron chi connectivity index (χ2n) is 5.07. The molecule has 0 saturated carbocycles. The van der Waals surface area contributed by atoms with Crippen LogP contribution in [-0.2, 0) is 14.8 Å². The third-order valence-electron chi connectivity index (χ3n) is 3.66. The molecular weight excluding hydrogens is 422 g/mol. The Morgan fingerprint density at radius 1 is 1.33 bits per heavy atom. The molecule has 0 radical (unpaired) electrons. The number of hydrogen-bond acceptors (Lipinski definition) is 3. The Morgan fingerprint density at radius 2 is 1.95 bits per heavy atom. The highest BCUT2D eigenvalue weighted by molar-refractivity contribution is 9.24. The van der Waals surface area contributed by atoms with Gasteiger partial charge in [-0.15, -0.1) is 0 Å². The van der Waals surface area contributed by atoms with Gasteiger partial charge in [0.15, 0.2) is 5.72 Å². The van der Waals surface area contributed by atoms with E-state index in [1.165, 1.54) is 4.31 Å². The molecule has 2 rings (SSSR count). The Balaban J connectivity index is 2.44. The maximum Gasteiger partial charge on any atom is 0.245 e. The van der Waals surface area contributed by atoms with Crippen LogP contribution in [0.5, 0.6) is 0 Å². The fourth-order valence-electron chi connectivity index (χ4n) is 2.63. The summed E-state index contributed by atoms with van der Waals surface area (Å²) in [5, 5.41) is 0. The zero-order valence-electron chi connectivity index (χ0n) is 12.1. The van der Waals surface area contributed by atoms with Gasteiger partial charge in [0.2, 0.25) is 10.0 Å². The van der Waals surface area contributed by atoms with E-state index in [4.69, 9.17) is 4.74 Å². The third kappa shape index (κ3) is 3.22. The smallest absolute Gasteiger partial charge is 0.245 e. The molecule has 0 bridgehead atoms. The van der Waals surface area contributed by atoms with Crippen molar-refractivity contribution in [2.45, 2.75) is 41.0 Å². The fraction of sp³-hybridized carbons (Fsp3) is 0.571. The highest BCUT2D eigenvalue weighted by Gasteiger charge is 2.52. The molecule has 0 spiro atoms. The van der Waals surface area contributed by atoms with Crippen LogP contribution in [0.25, 0.3) is 0 Å². The van der Waals surface area contributed by atoms with E-state index >= 15 is 0 Å². The number of halogens is 2. The lowest BCUT2D eigenvalue weighted by Crippen LogP contribution is -2.53. The summed E-state index contributed by atoms with van der Waals surface area (Å²) in [5.41, 5.74) is 0.156. The summed E-state index contributed by atoms with van der Waals surface area (Å²) in [7, 11) is -3.58. The van der Waals surface area contributed by atoms with Crippen LogP contribution < -0.4 is 0 Å². The Hall–Kier alpha value is 0.0500. The van der Waals surface area contributed by atoms with Crippen molar-refractivity contribution in [1.82, 2.24) is 4.31 Å². The van der Waals surface area contributed by atoms with Crippen LogP contribution in [0.15, 0.2) is 29.2 Å². The normalized spacial score (nSPS) is 23.9. The lowest BCUT2D eigenvalue weighted by Gasteiger charge is -2.38. The lowest BCUT2D eigenvalue weighted by atomic mass is 10.2. The van der Waals surface area contributed by atoms with Crippen LogP contribution in [0.2, 0.25) is 0 Å². The molecule has 1 fully saturated rings. The van der Waals surface area contributed by atoms with Gasteiger partial charge in [0, 0.05) is 13.2 Å². The van der Waals surface area contributed by atoms with Crippen molar-refractivity contribution < 1.29 is 13.2 Å². The molecule has 1 unspecified atom stereocenters. The summed E-state index contributed by atoms with van der Waals surface area (Å²) in [6.07, 6.45) is 1.44. The SMILES string of the molecule is CCOC1(C(Br)Br)CCCN1S(=O)(=O)c1ccc(C)cc1. The summed E-state index contributed by atoms with van der Waals surface area (Å²) in [4.78, 5) is 0.305. The van der Waals surface area contributed by atoms with Gasteiger partial charge in [0.25, 0.3) is 0 Å². The van der Waals surface area contributed by atoms with Gasteiger partial charge >= 0.3 is 0 Å². The van der Waals surface area contributed by atoms with Crippen molar-refractivity contribution in [1.29, 1.82) is 0 Å². The topological polar surface area (TPSA) is 46.6 Å². The van der Waals surface area contributed by atoms with E-state index in [1.807, 2.05) is 26.0 Å². The zero-order valence-corrected chi connectivity index (χ0v) is 16.0. The first-order valence-corrected chi connectivity index (χ1v) is 10.1. The number of aryl methyl sites for hydroxylation is 1. The number of nitrogens with zero attached hydrogens (tertiary/aromatic N) is 1. The van der Waals surface area contributed by atoms with Crippen LogP contribution in [0.3, 0.4) is 0 Å². The van der Waals surface area contributed by atoms with Crippen LogP contribution in [0, 0.1) is 6.92 Å². The molecule has 21 heavy (non-hydrogen) atoms. The number of benzene rings is 1. The molecule has 1 aliphatic heterocycles. The maximum absolute atomic E-state index is 12.9. The number of hydrogen-bond donors (Lipinski definition) is 0. The van der Waals surface area contributed by atoms with Crippen molar-refractivity contribution in [3.05, 3.63) is 29.8 Å². The fourth-order valence-corrected chi connectivity index (χ4v) is 5.87. The van der Waals surface area contributed by atoms with E-state index in [1.54, 1.807) is 12.1 Å². The predicted molar refractivity (Wildman–Crippen MR) is 90.3 cm³/mol. The Bertz CT molecular complexity index is 589. The molecule has 0 aliphatic carbocycles. The molecule has 1 aromatic rings. The van der Waals surface area contributed by atoms with Crippen molar-refractivity contribution in [2.75, 3.05) is 13.2 Å². The highest BCUT2D eigenvalue weighted by Crippen LogP contribution is 2.43. The van der Waals surface area contributed by atoms with E-state index < -0.39 is 15.7 Å². The molecule has 1 aromatic carbocycles. The highest BCUT2D eigenvalue weighted by atomic mass is 79.9. The van der Waals surface area contributed by atoms with Gasteiger partial charge in [-0.1, -0.05) is 49.6 Å². The van der Waals surface area contributed by atoms with Crippen molar-refractivity contribution in [2.24, 2.45) is 0 Å². The molecule has 1 saturated heterocycles. The quantitative estimate of drug-likeness (QED) is 0.656. The standard InChI is InChI=1S/C14H19Br2NO3S/c1-3-20-14(13(15)16)9-4-10-17(14)21(18,19)12-7-5-11(2)6-8-12/h5-8,13H,3-4,9-10H2,1-2H3. The average molecular weight is 441 g/mol. The van der Waals surface area contributed by atoms with Crippen molar-refractivity contribution >= 4 is 41.9 Å². The maximum atomic E-state index is 12.9. The van der Waals surface area contributed by atoms with Crippen LogP contribution >= 0.6 is 31.9 Å². The summed E-state index contributed by atoms with van der Waals surface area (Å²) >= 11 is 6.92. The van der Waals surface area contributed by atoms with Crippen LogP contribution in [-0.4, -0.2) is 35.3 Å². The molecule has 1 aliphatic rings. The largest absolute Gasteiger partial charge is 0.358 e. The number of rotatable bonds is 5. The Morgan fingerprint density at radius 3 is 2.48 bits per heavy atom. The summed E-state index contributed by atoms with van der Waals surface area (Å²) in [5.74, 6) is 0. The minimum Gasteiger partial charge on any atom is -0.358 e. The predicted octanol–water partition coefficient (Wildman–Crippen LogP) is 3.63. The van der Waals surface area contributed by atoms with Crippen LogP contribution in [0.4, 0.5) is 0 Å². The van der Waals surface area contributed by atoms with Gasteiger partial charge in [-0.3, -0.25) is 0 Å². The zero-order chi connectivity index (χ0) is 15.7. The molecule has 7 heteroatoms. The first-order chi connectivity index (χ1) is 9.84. The van der Waals surface area contributed by atoms with E-state index in [9.17, 15) is 8.42 Å². The van der Waals surface area contributed by atoms with Gasteiger partial charge in [0.05, 0.1) is 4.90 Å². The molecule has 1 atom stereocenters. The van der Waals surface area contributed by atoms with E-state index in [-0.39, 0.29) is 3.74 Å². The molecular formula is C14H19Br2NO3S. The van der Waals surface area contributed by atoms with Gasteiger partial charge in [-0.05, 0) is 38.8 Å². The van der Waals surface area contributed by atoms with Gasteiger partial charge in [0.1, 0.15) is 3.74 Å². The van der Waals surface area contributed by atoms with Gasteiger partial charge in [-0.2, -0.15) is 4.31 Å². The minimum atomic E-state index is -3.58. The molecule has 0 N–H and O–H groups in total. The molecule has 4 nitrogen and oxygen atoms in total.